The number of rotatable bonds is 6. The summed E-state index contributed by atoms with van der Waals surface area (Å²) in [6.45, 7) is 7.62. The van der Waals surface area contributed by atoms with Crippen molar-refractivity contribution >= 4 is 23.4 Å². The van der Waals surface area contributed by atoms with Crippen LogP contribution in [0.25, 0.3) is 0 Å². The standard InChI is InChI=1S/C25H31ClN2O4/c1-25(2,3)32-24(29)28-14-12-18(13-15-28)17-31-22-7-5-6-20(16-22)23(27-30-4)19-8-10-21(26)11-9-19/h5-11,16,18H,12-15,17H2,1-4H3/b27-23+. The van der Waals surface area contributed by atoms with Gasteiger partial charge in [-0.25, -0.2) is 4.79 Å². The van der Waals surface area contributed by atoms with Gasteiger partial charge in [0, 0.05) is 29.2 Å². The van der Waals surface area contributed by atoms with Crippen LogP contribution in [0.15, 0.2) is 53.7 Å². The van der Waals surface area contributed by atoms with E-state index in [0.717, 1.165) is 29.7 Å². The zero-order chi connectivity index (χ0) is 23.1. The minimum Gasteiger partial charge on any atom is -0.493 e. The SMILES string of the molecule is CO/N=C(\c1ccc(Cl)cc1)c1cccc(OCC2CCN(C(=O)OC(C)(C)C)CC2)c1. The number of likely N-dealkylation sites (tertiary alicyclic amines) is 1. The van der Waals surface area contributed by atoms with E-state index in [1.165, 1.54) is 7.11 Å². The molecule has 32 heavy (non-hydrogen) atoms. The Kier molecular flexibility index (Phi) is 8.02. The van der Waals surface area contributed by atoms with E-state index in [4.69, 9.17) is 25.9 Å². The normalized spacial score (nSPS) is 15.4. The van der Waals surface area contributed by atoms with Crippen LogP contribution in [0.2, 0.25) is 5.02 Å². The summed E-state index contributed by atoms with van der Waals surface area (Å²) in [7, 11) is 1.53. The van der Waals surface area contributed by atoms with E-state index in [1.54, 1.807) is 4.90 Å². The number of amides is 1. The van der Waals surface area contributed by atoms with Crippen molar-refractivity contribution in [1.29, 1.82) is 0 Å². The highest BCUT2D eigenvalue weighted by Crippen LogP contribution is 2.23. The Morgan fingerprint density at radius 2 is 1.78 bits per heavy atom. The molecule has 3 rings (SSSR count). The topological polar surface area (TPSA) is 60.4 Å². The van der Waals surface area contributed by atoms with Crippen molar-refractivity contribution < 1.29 is 19.1 Å². The van der Waals surface area contributed by atoms with Crippen LogP contribution in [-0.2, 0) is 9.57 Å². The van der Waals surface area contributed by atoms with Gasteiger partial charge in [0.1, 0.15) is 24.2 Å². The second-order valence-corrected chi connectivity index (χ2v) is 9.32. The van der Waals surface area contributed by atoms with Gasteiger partial charge in [-0.3, -0.25) is 0 Å². The average Bonchev–Trinajstić information content (AvgIpc) is 2.76. The molecule has 2 aromatic carbocycles. The smallest absolute Gasteiger partial charge is 0.410 e. The molecule has 0 aliphatic carbocycles. The van der Waals surface area contributed by atoms with Crippen LogP contribution in [0.1, 0.15) is 44.7 Å². The summed E-state index contributed by atoms with van der Waals surface area (Å²) in [5, 5.41) is 4.87. The quantitative estimate of drug-likeness (QED) is 0.407. The molecule has 2 aromatic rings. The summed E-state index contributed by atoms with van der Waals surface area (Å²) < 4.78 is 11.6. The van der Waals surface area contributed by atoms with Crippen LogP contribution in [0.4, 0.5) is 4.79 Å². The Balaban J connectivity index is 1.58. The van der Waals surface area contributed by atoms with Crippen molar-refractivity contribution in [3.05, 3.63) is 64.7 Å². The van der Waals surface area contributed by atoms with E-state index in [0.29, 0.717) is 36.3 Å². The number of carbonyl (C=O) groups is 1. The van der Waals surface area contributed by atoms with Crippen LogP contribution in [0.3, 0.4) is 0 Å². The Morgan fingerprint density at radius 1 is 1.09 bits per heavy atom. The van der Waals surface area contributed by atoms with Crippen LogP contribution in [-0.4, -0.2) is 49.1 Å². The van der Waals surface area contributed by atoms with Crippen molar-refractivity contribution in [2.45, 2.75) is 39.2 Å². The number of benzene rings is 2. The Morgan fingerprint density at radius 3 is 2.41 bits per heavy atom. The zero-order valence-corrected chi connectivity index (χ0v) is 19.9. The lowest BCUT2D eigenvalue weighted by Gasteiger charge is -2.33. The molecular formula is C25H31ClN2O4. The Hall–Kier alpha value is -2.73. The van der Waals surface area contributed by atoms with Crippen LogP contribution in [0, 0.1) is 5.92 Å². The molecule has 0 bridgehead atoms. The van der Waals surface area contributed by atoms with E-state index < -0.39 is 5.60 Å². The molecule has 1 saturated heterocycles. The van der Waals surface area contributed by atoms with Gasteiger partial charge in [0.2, 0.25) is 0 Å². The maximum Gasteiger partial charge on any atom is 0.410 e. The van der Waals surface area contributed by atoms with Gasteiger partial charge in [-0.2, -0.15) is 0 Å². The lowest BCUT2D eigenvalue weighted by Crippen LogP contribution is -2.42. The summed E-state index contributed by atoms with van der Waals surface area (Å²) in [5.41, 5.74) is 2.04. The van der Waals surface area contributed by atoms with Gasteiger partial charge in [-0.05, 0) is 63.8 Å². The minimum absolute atomic E-state index is 0.239. The van der Waals surface area contributed by atoms with Gasteiger partial charge >= 0.3 is 6.09 Å². The van der Waals surface area contributed by atoms with E-state index in [-0.39, 0.29) is 6.09 Å². The highest BCUT2D eigenvalue weighted by atomic mass is 35.5. The number of carbonyl (C=O) groups excluding carboxylic acids is 1. The second-order valence-electron chi connectivity index (χ2n) is 8.88. The fourth-order valence-electron chi connectivity index (χ4n) is 3.53. The van der Waals surface area contributed by atoms with E-state index in [2.05, 4.69) is 5.16 Å². The van der Waals surface area contributed by atoms with Gasteiger partial charge in [0.15, 0.2) is 0 Å². The summed E-state index contributed by atoms with van der Waals surface area (Å²) in [6.07, 6.45) is 1.54. The average molecular weight is 459 g/mol. The van der Waals surface area contributed by atoms with Gasteiger partial charge in [-0.15, -0.1) is 0 Å². The minimum atomic E-state index is -0.473. The molecule has 6 nitrogen and oxygen atoms in total. The highest BCUT2D eigenvalue weighted by Gasteiger charge is 2.27. The number of halogens is 1. The molecule has 0 spiro atoms. The fourth-order valence-corrected chi connectivity index (χ4v) is 3.65. The number of hydrogen-bond acceptors (Lipinski definition) is 5. The molecule has 1 heterocycles. The molecule has 0 saturated carbocycles. The van der Waals surface area contributed by atoms with Gasteiger partial charge in [0.25, 0.3) is 0 Å². The molecular weight excluding hydrogens is 428 g/mol. The van der Waals surface area contributed by atoms with Crippen LogP contribution < -0.4 is 4.74 Å². The molecule has 172 valence electrons. The predicted octanol–water partition coefficient (Wildman–Crippen LogP) is 5.76. The molecule has 1 aliphatic heterocycles. The number of piperidine rings is 1. The molecule has 0 radical (unpaired) electrons. The zero-order valence-electron chi connectivity index (χ0n) is 19.1. The first-order valence-electron chi connectivity index (χ1n) is 10.8. The fraction of sp³-hybridized carbons (Fsp3) is 0.440. The first-order chi connectivity index (χ1) is 15.2. The summed E-state index contributed by atoms with van der Waals surface area (Å²) >= 11 is 6.01. The first-order valence-corrected chi connectivity index (χ1v) is 11.2. The van der Waals surface area contributed by atoms with Crippen molar-refractivity contribution in [3.63, 3.8) is 0 Å². The van der Waals surface area contributed by atoms with E-state index >= 15 is 0 Å². The molecule has 0 aromatic heterocycles. The largest absolute Gasteiger partial charge is 0.493 e. The number of hydrogen-bond donors (Lipinski definition) is 0. The van der Waals surface area contributed by atoms with Crippen LogP contribution in [0.5, 0.6) is 5.75 Å². The Bertz CT molecular complexity index is 930. The third kappa shape index (κ3) is 6.89. The molecule has 0 N–H and O–H groups in total. The maximum absolute atomic E-state index is 12.2. The number of oxime groups is 1. The van der Waals surface area contributed by atoms with Crippen molar-refractivity contribution in [2.24, 2.45) is 11.1 Å². The Labute approximate surface area is 195 Å². The van der Waals surface area contributed by atoms with E-state index in [1.807, 2.05) is 69.3 Å². The predicted molar refractivity (Wildman–Crippen MR) is 127 cm³/mol. The highest BCUT2D eigenvalue weighted by molar-refractivity contribution is 6.30. The molecule has 0 atom stereocenters. The summed E-state index contributed by atoms with van der Waals surface area (Å²) in [4.78, 5) is 19.1. The lowest BCUT2D eigenvalue weighted by atomic mass is 9.98. The number of nitrogens with zero attached hydrogens (tertiary/aromatic N) is 2. The van der Waals surface area contributed by atoms with Gasteiger partial charge in [-0.1, -0.05) is 41.0 Å². The summed E-state index contributed by atoms with van der Waals surface area (Å²) in [6, 6.07) is 15.3. The molecule has 7 heteroatoms. The molecule has 0 unspecified atom stereocenters. The molecule has 1 amide bonds. The lowest BCUT2D eigenvalue weighted by molar-refractivity contribution is 0.0165. The molecule has 1 aliphatic rings. The molecule has 1 fully saturated rings. The monoisotopic (exact) mass is 458 g/mol. The second kappa shape index (κ2) is 10.7. The van der Waals surface area contributed by atoms with Gasteiger partial charge in [0.05, 0.1) is 6.61 Å². The van der Waals surface area contributed by atoms with Gasteiger partial charge < -0.3 is 19.2 Å². The maximum atomic E-state index is 12.2. The van der Waals surface area contributed by atoms with E-state index in [9.17, 15) is 4.79 Å². The van der Waals surface area contributed by atoms with Crippen LogP contribution >= 0.6 is 11.6 Å². The third-order valence-electron chi connectivity index (χ3n) is 5.16. The first kappa shape index (κ1) is 23.9. The van der Waals surface area contributed by atoms with Crippen molar-refractivity contribution in [1.82, 2.24) is 4.90 Å². The van der Waals surface area contributed by atoms with Crippen molar-refractivity contribution in [2.75, 3.05) is 26.8 Å². The number of ether oxygens (including phenoxy) is 2. The van der Waals surface area contributed by atoms with Crippen molar-refractivity contribution in [3.8, 4) is 5.75 Å². The third-order valence-corrected chi connectivity index (χ3v) is 5.41. The summed E-state index contributed by atoms with van der Waals surface area (Å²) in [5.74, 6) is 1.16.